The first kappa shape index (κ1) is 10.3. The molecule has 12 heavy (non-hydrogen) atoms. The van der Waals surface area contributed by atoms with Crippen molar-refractivity contribution in [3.63, 3.8) is 0 Å². The molecule has 0 aromatic heterocycles. The van der Waals surface area contributed by atoms with Gasteiger partial charge in [0.15, 0.2) is 0 Å². The lowest BCUT2D eigenvalue weighted by Crippen LogP contribution is -2.50. The molecule has 0 N–H and O–H groups in total. The smallest absolute Gasteiger partial charge is 0.0498 e. The molecular weight excluding hydrogens is 162 g/mol. The third kappa shape index (κ3) is 2.59. The number of nitrogens with zero attached hydrogens (tertiary/aromatic N) is 1. The highest BCUT2D eigenvalue weighted by molar-refractivity contribution is 6.77. The second kappa shape index (κ2) is 3.15. The van der Waals surface area contributed by atoms with E-state index in [9.17, 15) is 0 Å². The zero-order valence-corrected chi connectivity index (χ0v) is 10.3. The van der Waals surface area contributed by atoms with Crippen molar-refractivity contribution in [2.45, 2.75) is 51.5 Å². The summed E-state index contributed by atoms with van der Waals surface area (Å²) in [5.74, 6) is 0. The van der Waals surface area contributed by atoms with Gasteiger partial charge in [-0.05, 0) is 45.9 Å². The summed E-state index contributed by atoms with van der Waals surface area (Å²) < 4.78 is 0. The predicted molar refractivity (Wildman–Crippen MR) is 58.4 cm³/mol. The van der Waals surface area contributed by atoms with E-state index in [2.05, 4.69) is 38.8 Å². The molecule has 0 aliphatic carbocycles. The lowest BCUT2D eigenvalue weighted by molar-refractivity contribution is 0.146. The van der Waals surface area contributed by atoms with Crippen LogP contribution in [0.5, 0.6) is 0 Å². The summed E-state index contributed by atoms with van der Waals surface area (Å²) in [6.45, 7) is 14.7. The molecule has 1 heterocycles. The van der Waals surface area contributed by atoms with Gasteiger partial charge < -0.3 is 0 Å². The van der Waals surface area contributed by atoms with E-state index in [0.29, 0.717) is 5.54 Å². The molecule has 1 saturated heterocycles. The minimum atomic E-state index is -0.753. The van der Waals surface area contributed by atoms with Crippen LogP contribution in [0.2, 0.25) is 25.2 Å². The second-order valence-electron chi connectivity index (χ2n) is 5.82. The number of hydrogen-bond acceptors (Lipinski definition) is 1. The van der Waals surface area contributed by atoms with Gasteiger partial charge in [0.05, 0.1) is 0 Å². The van der Waals surface area contributed by atoms with Crippen LogP contribution in [-0.4, -0.2) is 31.6 Å². The molecule has 2 heteroatoms. The summed E-state index contributed by atoms with van der Waals surface area (Å²) in [5.41, 5.74) is 0.394. The maximum atomic E-state index is 2.63. The first-order chi connectivity index (χ1) is 5.31. The minimum absolute atomic E-state index is 0.394. The Hall–Kier alpha value is 0.177. The molecule has 0 radical (unpaired) electrons. The maximum absolute atomic E-state index is 2.63. The molecule has 1 fully saturated rings. The van der Waals surface area contributed by atoms with E-state index in [1.54, 1.807) is 0 Å². The van der Waals surface area contributed by atoms with Crippen molar-refractivity contribution in [2.24, 2.45) is 0 Å². The van der Waals surface area contributed by atoms with Gasteiger partial charge in [-0.2, -0.15) is 0 Å². The highest BCUT2D eigenvalue weighted by Gasteiger charge is 2.31. The summed E-state index contributed by atoms with van der Waals surface area (Å²) in [7, 11) is -0.753. The van der Waals surface area contributed by atoms with Crippen LogP contribution >= 0.6 is 0 Å². The SMILES string of the molecule is CC(C)(C)N1CC[Si](C)(C)CC1. The van der Waals surface area contributed by atoms with Crippen molar-refractivity contribution >= 4 is 8.07 Å². The normalized spacial score (nSPS) is 25.8. The average Bonchev–Trinajstić information content (AvgIpc) is 1.83. The third-order valence-corrected chi connectivity index (χ3v) is 6.22. The van der Waals surface area contributed by atoms with Crippen molar-refractivity contribution in [1.29, 1.82) is 0 Å². The molecule has 0 aromatic rings. The summed E-state index contributed by atoms with van der Waals surface area (Å²) >= 11 is 0. The van der Waals surface area contributed by atoms with Gasteiger partial charge >= 0.3 is 0 Å². The quantitative estimate of drug-likeness (QED) is 0.525. The van der Waals surface area contributed by atoms with E-state index >= 15 is 0 Å². The van der Waals surface area contributed by atoms with E-state index in [1.807, 2.05) is 0 Å². The van der Waals surface area contributed by atoms with Gasteiger partial charge in [-0.3, -0.25) is 4.90 Å². The van der Waals surface area contributed by atoms with Gasteiger partial charge in [-0.15, -0.1) is 0 Å². The molecule has 0 amide bonds. The highest BCUT2D eigenvalue weighted by Crippen LogP contribution is 2.26. The van der Waals surface area contributed by atoms with Crippen LogP contribution in [0.15, 0.2) is 0 Å². The van der Waals surface area contributed by atoms with Crippen molar-refractivity contribution in [2.75, 3.05) is 13.1 Å². The summed E-state index contributed by atoms with van der Waals surface area (Å²) in [6.07, 6.45) is 0. The van der Waals surface area contributed by atoms with Crippen LogP contribution in [0.3, 0.4) is 0 Å². The van der Waals surface area contributed by atoms with Gasteiger partial charge in [0, 0.05) is 13.6 Å². The lowest BCUT2D eigenvalue weighted by Gasteiger charge is -2.43. The Balaban J connectivity index is 2.47. The predicted octanol–water partition coefficient (Wildman–Crippen LogP) is 2.81. The first-order valence-corrected chi connectivity index (χ1v) is 8.48. The third-order valence-electron chi connectivity index (χ3n) is 3.07. The molecule has 1 rings (SSSR count). The van der Waals surface area contributed by atoms with Crippen LogP contribution in [0.4, 0.5) is 0 Å². The van der Waals surface area contributed by atoms with E-state index in [4.69, 9.17) is 0 Å². The molecule has 1 nitrogen and oxygen atoms in total. The summed E-state index contributed by atoms with van der Waals surface area (Å²) in [5, 5.41) is 0. The number of hydrogen-bond donors (Lipinski definition) is 0. The molecule has 0 saturated carbocycles. The van der Waals surface area contributed by atoms with Crippen molar-refractivity contribution < 1.29 is 0 Å². The zero-order valence-electron chi connectivity index (χ0n) is 9.28. The van der Waals surface area contributed by atoms with E-state index < -0.39 is 8.07 Å². The van der Waals surface area contributed by atoms with Crippen LogP contribution < -0.4 is 0 Å². The topological polar surface area (TPSA) is 3.24 Å². The monoisotopic (exact) mass is 185 g/mol. The molecule has 1 aliphatic heterocycles. The Morgan fingerprint density at radius 1 is 1.00 bits per heavy atom. The molecule has 0 atom stereocenters. The van der Waals surface area contributed by atoms with Crippen molar-refractivity contribution in [1.82, 2.24) is 4.90 Å². The Bertz CT molecular complexity index is 148. The van der Waals surface area contributed by atoms with Crippen LogP contribution in [0.1, 0.15) is 20.8 Å². The van der Waals surface area contributed by atoms with E-state index in [-0.39, 0.29) is 0 Å². The molecule has 0 spiro atoms. The first-order valence-electron chi connectivity index (χ1n) is 5.06. The Morgan fingerprint density at radius 2 is 1.42 bits per heavy atom. The summed E-state index contributed by atoms with van der Waals surface area (Å²) in [6, 6.07) is 2.98. The highest BCUT2D eigenvalue weighted by atomic mass is 28.3. The fourth-order valence-corrected chi connectivity index (χ4v) is 3.78. The fourth-order valence-electron chi connectivity index (χ4n) is 1.78. The standard InChI is InChI=1S/C10H23NSi/c1-10(2,3)11-6-8-12(4,5)9-7-11/h6-9H2,1-5H3. The Morgan fingerprint density at radius 3 is 1.75 bits per heavy atom. The molecular formula is C10H23NSi. The Kier molecular flexibility index (Phi) is 2.69. The van der Waals surface area contributed by atoms with Gasteiger partial charge in [-0.1, -0.05) is 13.1 Å². The van der Waals surface area contributed by atoms with Crippen LogP contribution in [0, 0.1) is 0 Å². The van der Waals surface area contributed by atoms with E-state index in [1.165, 1.54) is 25.2 Å². The fraction of sp³-hybridized carbons (Fsp3) is 1.00. The van der Waals surface area contributed by atoms with Crippen LogP contribution in [0.25, 0.3) is 0 Å². The molecule has 0 unspecified atom stereocenters. The van der Waals surface area contributed by atoms with E-state index in [0.717, 1.165) is 0 Å². The van der Waals surface area contributed by atoms with Crippen molar-refractivity contribution in [3.05, 3.63) is 0 Å². The summed E-state index contributed by atoms with van der Waals surface area (Å²) in [4.78, 5) is 2.63. The largest absolute Gasteiger partial charge is 0.299 e. The zero-order chi connectivity index (χ0) is 9.41. The molecule has 1 aliphatic rings. The van der Waals surface area contributed by atoms with Crippen molar-refractivity contribution in [3.8, 4) is 0 Å². The lowest BCUT2D eigenvalue weighted by atomic mass is 10.1. The molecule has 0 aromatic carbocycles. The van der Waals surface area contributed by atoms with Gasteiger partial charge in [-0.25, -0.2) is 0 Å². The van der Waals surface area contributed by atoms with Gasteiger partial charge in [0.1, 0.15) is 0 Å². The van der Waals surface area contributed by atoms with Gasteiger partial charge in [0.25, 0.3) is 0 Å². The van der Waals surface area contributed by atoms with Crippen LogP contribution in [-0.2, 0) is 0 Å². The maximum Gasteiger partial charge on any atom is 0.0498 e. The minimum Gasteiger partial charge on any atom is -0.299 e. The average molecular weight is 185 g/mol. The molecule has 0 bridgehead atoms. The Labute approximate surface area is 78.2 Å². The molecule has 72 valence electrons. The van der Waals surface area contributed by atoms with Gasteiger partial charge in [0.2, 0.25) is 0 Å². The second-order valence-corrected chi connectivity index (χ2v) is 11.2. The number of rotatable bonds is 0.